The number of anilines is 1. The first-order valence-electron chi connectivity index (χ1n) is 9.45. The molecule has 0 saturated carbocycles. The second-order valence-electron chi connectivity index (χ2n) is 6.99. The first-order chi connectivity index (χ1) is 14.6. The molecule has 0 bridgehead atoms. The molecule has 3 rings (SSSR count). The minimum Gasteiger partial charge on any atom is -0.326 e. The van der Waals surface area contributed by atoms with Crippen LogP contribution in [0.15, 0.2) is 59.4 Å². The van der Waals surface area contributed by atoms with Gasteiger partial charge in [-0.25, -0.2) is 9.07 Å². The van der Waals surface area contributed by atoms with Crippen LogP contribution >= 0.6 is 0 Å². The van der Waals surface area contributed by atoms with Gasteiger partial charge in [-0.15, -0.1) is 0 Å². The first kappa shape index (κ1) is 22.2. The van der Waals surface area contributed by atoms with E-state index in [1.165, 1.54) is 10.7 Å². The summed E-state index contributed by atoms with van der Waals surface area (Å²) in [7, 11) is 0. The molecular weight excluding hydrogens is 414 g/mol. The number of nitrogens with one attached hydrogen (secondary N) is 1. The summed E-state index contributed by atoms with van der Waals surface area (Å²) < 4.78 is 52.9. The molecule has 31 heavy (non-hydrogen) atoms. The molecule has 1 amide bonds. The number of benzene rings is 2. The fourth-order valence-electron chi connectivity index (χ4n) is 2.92. The molecule has 162 valence electrons. The van der Waals surface area contributed by atoms with Gasteiger partial charge in [0.05, 0.1) is 11.3 Å². The lowest BCUT2D eigenvalue weighted by Gasteiger charge is -2.11. The average Bonchev–Trinajstić information content (AvgIpc) is 2.70. The topological polar surface area (TPSA) is 64.0 Å². The van der Waals surface area contributed by atoms with E-state index in [0.717, 1.165) is 17.2 Å². The Morgan fingerprint density at radius 2 is 1.77 bits per heavy atom. The molecule has 0 spiro atoms. The molecule has 3 aromatic rings. The normalized spacial score (nSPS) is 11.4. The number of halogens is 4. The van der Waals surface area contributed by atoms with Gasteiger partial charge in [0.25, 0.3) is 5.56 Å². The van der Waals surface area contributed by atoms with E-state index in [2.05, 4.69) is 10.4 Å². The molecule has 0 saturated heterocycles. The van der Waals surface area contributed by atoms with Crippen molar-refractivity contribution in [1.82, 2.24) is 9.78 Å². The average molecular weight is 433 g/mol. The van der Waals surface area contributed by atoms with Crippen molar-refractivity contribution in [2.75, 3.05) is 5.32 Å². The van der Waals surface area contributed by atoms with Crippen LogP contribution in [0.4, 0.5) is 23.2 Å². The van der Waals surface area contributed by atoms with Crippen molar-refractivity contribution in [3.63, 3.8) is 0 Å². The maximum Gasteiger partial charge on any atom is 0.419 e. The smallest absolute Gasteiger partial charge is 0.326 e. The van der Waals surface area contributed by atoms with Crippen molar-refractivity contribution in [2.45, 2.75) is 32.5 Å². The minimum atomic E-state index is -4.86. The molecule has 0 radical (unpaired) electrons. The summed E-state index contributed by atoms with van der Waals surface area (Å²) in [6.45, 7) is 2.11. The largest absolute Gasteiger partial charge is 0.419 e. The molecular formula is C22H19F4N3O2. The maximum absolute atomic E-state index is 13.3. The molecule has 2 aromatic carbocycles. The monoisotopic (exact) mass is 433 g/mol. The molecule has 0 aliphatic rings. The lowest BCUT2D eigenvalue weighted by molar-refractivity contribution is -0.140. The van der Waals surface area contributed by atoms with Crippen LogP contribution in [0.3, 0.4) is 0 Å². The van der Waals surface area contributed by atoms with Crippen molar-refractivity contribution >= 4 is 11.6 Å². The van der Waals surface area contributed by atoms with Crippen LogP contribution in [-0.2, 0) is 17.5 Å². The van der Waals surface area contributed by atoms with Crippen LogP contribution in [0.5, 0.6) is 0 Å². The van der Waals surface area contributed by atoms with Crippen molar-refractivity contribution in [3.05, 3.63) is 81.9 Å². The molecule has 5 nitrogen and oxygen atoms in total. The third kappa shape index (κ3) is 5.78. The van der Waals surface area contributed by atoms with Gasteiger partial charge < -0.3 is 5.32 Å². The highest BCUT2D eigenvalue weighted by molar-refractivity contribution is 5.90. The summed E-state index contributed by atoms with van der Waals surface area (Å²) in [6, 6.07) is 12.9. The third-order valence-corrected chi connectivity index (χ3v) is 4.54. The SMILES string of the molecule is Cc1ccc(-c2ccc(=O)n(CCCC(=O)Nc3ccc(F)c(C(F)(F)F)c3)n2)cc1. The number of nitrogens with zero attached hydrogens (tertiary/aromatic N) is 2. The number of aryl methyl sites for hydroxylation is 2. The molecule has 0 unspecified atom stereocenters. The van der Waals surface area contributed by atoms with Gasteiger partial charge in [0.15, 0.2) is 0 Å². The molecule has 0 aliphatic heterocycles. The van der Waals surface area contributed by atoms with Crippen LogP contribution in [0.2, 0.25) is 0 Å². The molecule has 1 heterocycles. The van der Waals surface area contributed by atoms with Crippen LogP contribution in [0, 0.1) is 12.7 Å². The predicted octanol–water partition coefficient (Wildman–Crippen LogP) is 4.80. The van der Waals surface area contributed by atoms with E-state index in [1.807, 2.05) is 31.2 Å². The number of carbonyl (C=O) groups excluding carboxylic acids is 1. The number of rotatable bonds is 6. The van der Waals surface area contributed by atoms with Gasteiger partial charge >= 0.3 is 6.18 Å². The summed E-state index contributed by atoms with van der Waals surface area (Å²) in [5, 5.41) is 6.62. The zero-order chi connectivity index (χ0) is 22.6. The van der Waals surface area contributed by atoms with E-state index < -0.39 is 23.5 Å². The van der Waals surface area contributed by atoms with Crippen LogP contribution in [0.25, 0.3) is 11.3 Å². The van der Waals surface area contributed by atoms with Crippen LogP contribution < -0.4 is 10.9 Å². The highest BCUT2D eigenvalue weighted by atomic mass is 19.4. The van der Waals surface area contributed by atoms with Gasteiger partial charge in [-0.1, -0.05) is 29.8 Å². The molecule has 0 aliphatic carbocycles. The second-order valence-corrected chi connectivity index (χ2v) is 6.99. The maximum atomic E-state index is 13.3. The van der Waals surface area contributed by atoms with Gasteiger partial charge in [-0.3, -0.25) is 9.59 Å². The first-order valence-corrected chi connectivity index (χ1v) is 9.45. The Labute approximate surface area is 175 Å². The van der Waals surface area contributed by atoms with Gasteiger partial charge in [0.2, 0.25) is 5.91 Å². The zero-order valence-electron chi connectivity index (χ0n) is 16.5. The zero-order valence-corrected chi connectivity index (χ0v) is 16.5. The van der Waals surface area contributed by atoms with E-state index in [9.17, 15) is 27.2 Å². The third-order valence-electron chi connectivity index (χ3n) is 4.54. The molecule has 9 heteroatoms. The van der Waals surface area contributed by atoms with E-state index in [-0.39, 0.29) is 30.6 Å². The predicted molar refractivity (Wildman–Crippen MR) is 108 cm³/mol. The lowest BCUT2D eigenvalue weighted by atomic mass is 10.1. The second kappa shape index (κ2) is 9.11. The van der Waals surface area contributed by atoms with Gasteiger partial charge in [0, 0.05) is 30.3 Å². The van der Waals surface area contributed by atoms with Crippen LogP contribution in [-0.4, -0.2) is 15.7 Å². The quantitative estimate of drug-likeness (QED) is 0.569. The van der Waals surface area contributed by atoms with Gasteiger partial charge in [0.1, 0.15) is 5.82 Å². The summed E-state index contributed by atoms with van der Waals surface area (Å²) in [6.07, 6.45) is -4.68. The van der Waals surface area contributed by atoms with Gasteiger partial charge in [-0.2, -0.15) is 18.3 Å². The van der Waals surface area contributed by atoms with E-state index >= 15 is 0 Å². The van der Waals surface area contributed by atoms with Crippen molar-refractivity contribution in [2.24, 2.45) is 0 Å². The summed E-state index contributed by atoms with van der Waals surface area (Å²) in [5.41, 5.74) is 0.601. The highest BCUT2D eigenvalue weighted by Gasteiger charge is 2.34. The molecule has 0 atom stereocenters. The van der Waals surface area contributed by atoms with Crippen molar-refractivity contribution < 1.29 is 22.4 Å². The highest BCUT2D eigenvalue weighted by Crippen LogP contribution is 2.33. The summed E-state index contributed by atoms with van der Waals surface area (Å²) in [4.78, 5) is 24.1. The Balaban J connectivity index is 1.61. The number of hydrogen-bond acceptors (Lipinski definition) is 3. The van der Waals surface area contributed by atoms with E-state index in [4.69, 9.17) is 0 Å². The molecule has 1 N–H and O–H groups in total. The summed E-state index contributed by atoms with van der Waals surface area (Å²) in [5.74, 6) is -1.97. The number of hydrogen-bond donors (Lipinski definition) is 1. The van der Waals surface area contributed by atoms with Crippen molar-refractivity contribution in [3.8, 4) is 11.3 Å². The lowest BCUT2D eigenvalue weighted by Crippen LogP contribution is -2.23. The van der Waals surface area contributed by atoms with E-state index in [0.29, 0.717) is 17.8 Å². The van der Waals surface area contributed by atoms with Gasteiger partial charge in [-0.05, 0) is 37.6 Å². The van der Waals surface area contributed by atoms with Crippen LogP contribution in [0.1, 0.15) is 24.0 Å². The standard InChI is InChI=1S/C22H19F4N3O2/c1-14-4-6-15(7-5-14)19-10-11-21(31)29(28-19)12-2-3-20(30)27-16-8-9-18(23)17(13-16)22(24,25)26/h4-11,13H,2-3,12H2,1H3,(H,27,30). The number of amides is 1. The van der Waals surface area contributed by atoms with Crippen molar-refractivity contribution in [1.29, 1.82) is 0 Å². The Kier molecular flexibility index (Phi) is 6.53. The number of carbonyl (C=O) groups is 1. The molecule has 0 fully saturated rings. The minimum absolute atomic E-state index is 0.0540. The Morgan fingerprint density at radius 3 is 2.45 bits per heavy atom. The fraction of sp³-hybridized carbons (Fsp3) is 0.227. The molecule has 1 aromatic heterocycles. The van der Waals surface area contributed by atoms with E-state index in [1.54, 1.807) is 6.07 Å². The fourth-order valence-corrected chi connectivity index (χ4v) is 2.92. The Morgan fingerprint density at radius 1 is 1.06 bits per heavy atom. The Hall–Kier alpha value is -3.49. The number of alkyl halides is 3. The Bertz CT molecular complexity index is 1140. The number of aromatic nitrogens is 2. The summed E-state index contributed by atoms with van der Waals surface area (Å²) >= 11 is 0.